The fraction of sp³-hybridized carbons (Fsp3) is 0.700. The summed E-state index contributed by atoms with van der Waals surface area (Å²) in [6.45, 7) is 3.30. The maximum Gasteiger partial charge on any atom is 0.0627 e. The van der Waals surface area contributed by atoms with Crippen LogP contribution in [0.3, 0.4) is 0 Å². The van der Waals surface area contributed by atoms with Gasteiger partial charge >= 0.3 is 0 Å². The Balaban J connectivity index is 2.46. The highest BCUT2D eigenvalue weighted by Gasteiger charge is 2.07. The van der Waals surface area contributed by atoms with Gasteiger partial charge in [-0.05, 0) is 32.0 Å². The molecule has 1 atom stereocenters. The monoisotopic (exact) mass is 181 g/mol. The van der Waals surface area contributed by atoms with Crippen molar-refractivity contribution in [3.63, 3.8) is 0 Å². The van der Waals surface area contributed by atoms with Crippen LogP contribution in [0, 0.1) is 5.92 Å². The van der Waals surface area contributed by atoms with Gasteiger partial charge in [-0.2, -0.15) is 5.10 Å². The third-order valence-corrected chi connectivity index (χ3v) is 2.34. The fourth-order valence-corrected chi connectivity index (χ4v) is 1.52. The van der Waals surface area contributed by atoms with E-state index in [1.54, 1.807) is 0 Å². The highest BCUT2D eigenvalue weighted by Crippen LogP contribution is 2.09. The second-order valence-electron chi connectivity index (χ2n) is 3.52. The van der Waals surface area contributed by atoms with E-state index in [2.05, 4.69) is 23.4 Å². The van der Waals surface area contributed by atoms with Crippen molar-refractivity contribution < 1.29 is 0 Å². The van der Waals surface area contributed by atoms with E-state index in [1.165, 1.54) is 12.1 Å². The van der Waals surface area contributed by atoms with E-state index < -0.39 is 0 Å². The fourth-order valence-electron chi connectivity index (χ4n) is 1.52. The first-order chi connectivity index (χ1) is 6.26. The Kier molecular flexibility index (Phi) is 3.96. The Hall–Kier alpha value is -0.830. The molecule has 3 nitrogen and oxygen atoms in total. The summed E-state index contributed by atoms with van der Waals surface area (Å²) in [6, 6.07) is 2.10. The number of aryl methyl sites for hydroxylation is 1. The normalized spacial score (nSPS) is 13.2. The number of rotatable bonds is 5. The molecule has 1 rings (SSSR count). The molecule has 0 bridgehead atoms. The Morgan fingerprint density at radius 1 is 1.62 bits per heavy atom. The zero-order chi connectivity index (χ0) is 9.68. The zero-order valence-corrected chi connectivity index (χ0v) is 8.75. The van der Waals surface area contributed by atoms with Gasteiger partial charge in [0, 0.05) is 13.2 Å². The molecule has 0 amide bonds. The molecule has 0 aliphatic carbocycles. The summed E-state index contributed by atoms with van der Waals surface area (Å²) in [5, 5.41) is 7.58. The molecule has 0 fully saturated rings. The first kappa shape index (κ1) is 10.3. The van der Waals surface area contributed by atoms with Gasteiger partial charge in [0.25, 0.3) is 0 Å². The minimum atomic E-state index is 0.708. The van der Waals surface area contributed by atoms with Crippen molar-refractivity contribution in [1.29, 1.82) is 0 Å². The number of hydrogen-bond donors (Lipinski definition) is 1. The molecule has 0 aliphatic heterocycles. The molecule has 0 aromatic carbocycles. The standard InChI is InChI=1S/C10H19N3/c1-4-9(8-11-2)7-10-5-6-13(3)12-10/h5-6,9,11H,4,7-8H2,1-3H3. The highest BCUT2D eigenvalue weighted by molar-refractivity contribution is 4.99. The average molecular weight is 181 g/mol. The number of nitrogens with one attached hydrogen (secondary N) is 1. The molecule has 13 heavy (non-hydrogen) atoms. The maximum absolute atomic E-state index is 4.37. The lowest BCUT2D eigenvalue weighted by atomic mass is 10.0. The maximum atomic E-state index is 4.37. The summed E-state index contributed by atoms with van der Waals surface area (Å²) < 4.78 is 1.86. The van der Waals surface area contributed by atoms with E-state index in [0.717, 1.165) is 13.0 Å². The topological polar surface area (TPSA) is 29.9 Å². The lowest BCUT2D eigenvalue weighted by molar-refractivity contribution is 0.474. The van der Waals surface area contributed by atoms with E-state index in [1.807, 2.05) is 25.0 Å². The van der Waals surface area contributed by atoms with Crippen molar-refractivity contribution in [2.45, 2.75) is 19.8 Å². The lowest BCUT2D eigenvalue weighted by Gasteiger charge is -2.11. The van der Waals surface area contributed by atoms with Crippen LogP contribution >= 0.6 is 0 Å². The van der Waals surface area contributed by atoms with Crippen LogP contribution in [0.15, 0.2) is 12.3 Å². The van der Waals surface area contributed by atoms with Gasteiger partial charge in [-0.15, -0.1) is 0 Å². The van der Waals surface area contributed by atoms with E-state index >= 15 is 0 Å². The Morgan fingerprint density at radius 3 is 2.85 bits per heavy atom. The van der Waals surface area contributed by atoms with Crippen LogP contribution in [-0.2, 0) is 13.5 Å². The Labute approximate surface area is 80.1 Å². The molecule has 0 spiro atoms. The highest BCUT2D eigenvalue weighted by atomic mass is 15.2. The summed E-state index contributed by atoms with van der Waals surface area (Å²) in [7, 11) is 3.96. The lowest BCUT2D eigenvalue weighted by Crippen LogP contribution is -2.20. The summed E-state index contributed by atoms with van der Waals surface area (Å²) in [5.74, 6) is 0.708. The van der Waals surface area contributed by atoms with E-state index in [0.29, 0.717) is 5.92 Å². The van der Waals surface area contributed by atoms with Crippen molar-refractivity contribution in [3.05, 3.63) is 18.0 Å². The second-order valence-corrected chi connectivity index (χ2v) is 3.52. The molecule has 1 unspecified atom stereocenters. The van der Waals surface area contributed by atoms with Crippen LogP contribution in [-0.4, -0.2) is 23.4 Å². The third kappa shape index (κ3) is 3.19. The molecule has 1 aromatic rings. The van der Waals surface area contributed by atoms with Crippen molar-refractivity contribution in [2.75, 3.05) is 13.6 Å². The minimum absolute atomic E-state index is 0.708. The van der Waals surface area contributed by atoms with Crippen molar-refractivity contribution in [3.8, 4) is 0 Å². The molecule has 1 heterocycles. The first-order valence-corrected chi connectivity index (χ1v) is 4.89. The molecule has 0 radical (unpaired) electrons. The van der Waals surface area contributed by atoms with Crippen LogP contribution in [0.2, 0.25) is 0 Å². The first-order valence-electron chi connectivity index (χ1n) is 4.89. The predicted octanol–water partition coefficient (Wildman–Crippen LogP) is 1.21. The number of hydrogen-bond acceptors (Lipinski definition) is 2. The van der Waals surface area contributed by atoms with Crippen LogP contribution in [0.5, 0.6) is 0 Å². The number of nitrogens with zero attached hydrogens (tertiary/aromatic N) is 2. The third-order valence-electron chi connectivity index (χ3n) is 2.34. The van der Waals surface area contributed by atoms with Gasteiger partial charge in [0.05, 0.1) is 5.69 Å². The van der Waals surface area contributed by atoms with Gasteiger partial charge in [0.1, 0.15) is 0 Å². The van der Waals surface area contributed by atoms with E-state index in [9.17, 15) is 0 Å². The smallest absolute Gasteiger partial charge is 0.0627 e. The Morgan fingerprint density at radius 2 is 2.38 bits per heavy atom. The molecule has 1 aromatic heterocycles. The van der Waals surface area contributed by atoms with Gasteiger partial charge in [-0.1, -0.05) is 13.3 Å². The summed E-state index contributed by atoms with van der Waals surface area (Å²) in [4.78, 5) is 0. The molecule has 0 aliphatic rings. The quantitative estimate of drug-likeness (QED) is 0.740. The Bertz CT molecular complexity index is 242. The predicted molar refractivity (Wildman–Crippen MR) is 54.6 cm³/mol. The van der Waals surface area contributed by atoms with Crippen molar-refractivity contribution in [2.24, 2.45) is 13.0 Å². The molecule has 1 N–H and O–H groups in total. The van der Waals surface area contributed by atoms with Crippen LogP contribution in [0.4, 0.5) is 0 Å². The molecule has 0 saturated heterocycles. The second kappa shape index (κ2) is 5.02. The van der Waals surface area contributed by atoms with Gasteiger partial charge < -0.3 is 5.32 Å². The number of aromatic nitrogens is 2. The SMILES string of the molecule is CCC(CNC)Cc1ccn(C)n1. The molecular formula is C10H19N3. The van der Waals surface area contributed by atoms with Gasteiger partial charge in [0.15, 0.2) is 0 Å². The van der Waals surface area contributed by atoms with Gasteiger partial charge in [-0.25, -0.2) is 0 Å². The summed E-state index contributed by atoms with van der Waals surface area (Å²) in [6.07, 6.45) is 4.29. The van der Waals surface area contributed by atoms with Crippen LogP contribution in [0.25, 0.3) is 0 Å². The van der Waals surface area contributed by atoms with E-state index in [4.69, 9.17) is 0 Å². The largest absolute Gasteiger partial charge is 0.319 e. The summed E-state index contributed by atoms with van der Waals surface area (Å²) >= 11 is 0. The van der Waals surface area contributed by atoms with Crippen molar-refractivity contribution >= 4 is 0 Å². The van der Waals surface area contributed by atoms with Crippen LogP contribution < -0.4 is 5.32 Å². The molecule has 0 saturated carbocycles. The zero-order valence-electron chi connectivity index (χ0n) is 8.75. The minimum Gasteiger partial charge on any atom is -0.319 e. The van der Waals surface area contributed by atoms with Crippen molar-refractivity contribution in [1.82, 2.24) is 15.1 Å². The van der Waals surface area contributed by atoms with Gasteiger partial charge in [0.2, 0.25) is 0 Å². The molecular weight excluding hydrogens is 162 g/mol. The van der Waals surface area contributed by atoms with Crippen LogP contribution in [0.1, 0.15) is 19.0 Å². The summed E-state index contributed by atoms with van der Waals surface area (Å²) in [5.41, 5.74) is 1.20. The van der Waals surface area contributed by atoms with Gasteiger partial charge in [-0.3, -0.25) is 4.68 Å². The molecule has 3 heteroatoms. The average Bonchev–Trinajstić information content (AvgIpc) is 2.50. The molecule has 74 valence electrons. The van der Waals surface area contributed by atoms with E-state index in [-0.39, 0.29) is 0 Å².